The normalized spacial score (nSPS) is 12.4. The molecule has 2 N–H and O–H groups in total. The number of ether oxygens (including phenoxy) is 1. The summed E-state index contributed by atoms with van der Waals surface area (Å²) in [6, 6.07) is 12.3. The first-order chi connectivity index (χ1) is 9.74. The summed E-state index contributed by atoms with van der Waals surface area (Å²) in [5, 5.41) is 0. The average molecular weight is 271 g/mol. The summed E-state index contributed by atoms with van der Waals surface area (Å²) < 4.78 is 5.19. The van der Waals surface area contributed by atoms with E-state index < -0.39 is 0 Å². The van der Waals surface area contributed by atoms with E-state index in [1.807, 2.05) is 24.4 Å². The van der Waals surface area contributed by atoms with E-state index in [1.54, 1.807) is 13.3 Å². The van der Waals surface area contributed by atoms with Crippen molar-refractivity contribution in [3.05, 3.63) is 59.9 Å². The van der Waals surface area contributed by atoms with Crippen LogP contribution in [-0.4, -0.2) is 30.6 Å². The van der Waals surface area contributed by atoms with Gasteiger partial charge in [-0.05, 0) is 36.4 Å². The fourth-order valence-corrected chi connectivity index (χ4v) is 2.29. The Hall–Kier alpha value is -1.91. The largest absolute Gasteiger partial charge is 0.497 e. The zero-order valence-electron chi connectivity index (χ0n) is 12.0. The summed E-state index contributed by atoms with van der Waals surface area (Å²) in [5.41, 5.74) is 8.32. The van der Waals surface area contributed by atoms with Crippen LogP contribution in [0.25, 0.3) is 0 Å². The van der Waals surface area contributed by atoms with Crippen LogP contribution in [0, 0.1) is 0 Å². The molecule has 0 saturated heterocycles. The fraction of sp³-hybridized carbons (Fsp3) is 0.312. The summed E-state index contributed by atoms with van der Waals surface area (Å²) >= 11 is 0. The van der Waals surface area contributed by atoms with E-state index in [0.29, 0.717) is 6.54 Å². The summed E-state index contributed by atoms with van der Waals surface area (Å²) in [5.74, 6) is 0.861. The average Bonchev–Trinajstić information content (AvgIpc) is 2.49. The lowest BCUT2D eigenvalue weighted by atomic mass is 10.0. The number of aromatic nitrogens is 1. The standard InChI is InChI=1S/C16H21N3O/c1-19(12-13-4-3-9-18-11-13)16(10-17)14-5-7-15(20-2)8-6-14/h3-9,11,16H,10,12,17H2,1-2H3. The zero-order valence-corrected chi connectivity index (χ0v) is 12.0. The molecule has 0 amide bonds. The van der Waals surface area contributed by atoms with Gasteiger partial charge in [-0.25, -0.2) is 0 Å². The second-order valence-electron chi connectivity index (χ2n) is 4.80. The highest BCUT2D eigenvalue weighted by Crippen LogP contribution is 2.22. The molecular weight excluding hydrogens is 250 g/mol. The molecule has 1 heterocycles. The van der Waals surface area contributed by atoms with Gasteiger partial charge in [-0.1, -0.05) is 18.2 Å². The van der Waals surface area contributed by atoms with Crippen molar-refractivity contribution in [1.29, 1.82) is 0 Å². The molecule has 4 nitrogen and oxygen atoms in total. The molecule has 0 radical (unpaired) electrons. The molecule has 0 spiro atoms. The van der Waals surface area contributed by atoms with E-state index in [-0.39, 0.29) is 6.04 Å². The maximum absolute atomic E-state index is 5.94. The zero-order chi connectivity index (χ0) is 14.4. The fourth-order valence-electron chi connectivity index (χ4n) is 2.29. The highest BCUT2D eigenvalue weighted by molar-refractivity contribution is 5.29. The second kappa shape index (κ2) is 7.03. The molecule has 0 aliphatic carbocycles. The van der Waals surface area contributed by atoms with Gasteiger partial charge in [0, 0.05) is 31.5 Å². The predicted molar refractivity (Wildman–Crippen MR) is 80.5 cm³/mol. The van der Waals surface area contributed by atoms with Crippen molar-refractivity contribution in [2.24, 2.45) is 5.73 Å². The van der Waals surface area contributed by atoms with Crippen LogP contribution in [0.2, 0.25) is 0 Å². The molecule has 4 heteroatoms. The Kier molecular flexibility index (Phi) is 5.09. The molecule has 1 aromatic carbocycles. The quantitative estimate of drug-likeness (QED) is 0.875. The lowest BCUT2D eigenvalue weighted by Crippen LogP contribution is -2.30. The summed E-state index contributed by atoms with van der Waals surface area (Å²) in [7, 11) is 3.75. The van der Waals surface area contributed by atoms with E-state index >= 15 is 0 Å². The first kappa shape index (κ1) is 14.5. The third-order valence-electron chi connectivity index (χ3n) is 3.41. The van der Waals surface area contributed by atoms with Gasteiger partial charge in [0.1, 0.15) is 5.75 Å². The molecule has 2 aromatic rings. The molecule has 1 aromatic heterocycles. The first-order valence-corrected chi connectivity index (χ1v) is 6.67. The molecule has 106 valence electrons. The van der Waals surface area contributed by atoms with Crippen LogP contribution in [0.5, 0.6) is 5.75 Å². The monoisotopic (exact) mass is 271 g/mol. The highest BCUT2D eigenvalue weighted by atomic mass is 16.5. The van der Waals surface area contributed by atoms with Crippen molar-refractivity contribution in [3.63, 3.8) is 0 Å². The van der Waals surface area contributed by atoms with E-state index in [4.69, 9.17) is 10.5 Å². The van der Waals surface area contributed by atoms with Crippen molar-refractivity contribution in [2.75, 3.05) is 20.7 Å². The Labute approximate surface area is 120 Å². The van der Waals surface area contributed by atoms with Crippen LogP contribution in [0.3, 0.4) is 0 Å². The number of hydrogen-bond donors (Lipinski definition) is 1. The lowest BCUT2D eigenvalue weighted by Gasteiger charge is -2.27. The van der Waals surface area contributed by atoms with Crippen LogP contribution in [0.4, 0.5) is 0 Å². The summed E-state index contributed by atoms with van der Waals surface area (Å²) in [4.78, 5) is 6.38. The SMILES string of the molecule is COc1ccc(C(CN)N(C)Cc2cccnc2)cc1. The molecule has 1 unspecified atom stereocenters. The summed E-state index contributed by atoms with van der Waals surface area (Å²) in [6.45, 7) is 1.39. The number of methoxy groups -OCH3 is 1. The minimum absolute atomic E-state index is 0.182. The van der Waals surface area contributed by atoms with Crippen LogP contribution >= 0.6 is 0 Å². The maximum Gasteiger partial charge on any atom is 0.118 e. The topological polar surface area (TPSA) is 51.4 Å². The van der Waals surface area contributed by atoms with Gasteiger partial charge < -0.3 is 10.5 Å². The number of likely N-dealkylation sites (N-methyl/N-ethyl adjacent to an activating group) is 1. The molecule has 0 aliphatic rings. The number of nitrogens with two attached hydrogens (primary N) is 1. The van der Waals surface area contributed by atoms with Gasteiger partial charge in [-0.15, -0.1) is 0 Å². The molecular formula is C16H21N3O. The van der Waals surface area contributed by atoms with Gasteiger partial charge in [-0.3, -0.25) is 9.88 Å². The molecule has 0 fully saturated rings. The van der Waals surface area contributed by atoms with E-state index in [0.717, 1.165) is 12.3 Å². The Morgan fingerprint density at radius 2 is 2.00 bits per heavy atom. The molecule has 2 rings (SSSR count). The Bertz CT molecular complexity index is 513. The van der Waals surface area contributed by atoms with Crippen LogP contribution in [-0.2, 0) is 6.54 Å². The van der Waals surface area contributed by atoms with Crippen molar-refractivity contribution in [1.82, 2.24) is 9.88 Å². The third kappa shape index (κ3) is 3.56. The van der Waals surface area contributed by atoms with Gasteiger partial charge in [0.05, 0.1) is 7.11 Å². The maximum atomic E-state index is 5.94. The number of benzene rings is 1. The molecule has 0 saturated carbocycles. The van der Waals surface area contributed by atoms with Crippen LogP contribution in [0.1, 0.15) is 17.2 Å². The Morgan fingerprint density at radius 3 is 2.55 bits per heavy atom. The van der Waals surface area contributed by atoms with Gasteiger partial charge in [0.25, 0.3) is 0 Å². The van der Waals surface area contributed by atoms with Crippen LogP contribution in [0.15, 0.2) is 48.8 Å². The van der Waals surface area contributed by atoms with Gasteiger partial charge in [0.15, 0.2) is 0 Å². The Morgan fingerprint density at radius 1 is 1.25 bits per heavy atom. The minimum atomic E-state index is 0.182. The van der Waals surface area contributed by atoms with E-state index in [9.17, 15) is 0 Å². The van der Waals surface area contributed by atoms with Crippen molar-refractivity contribution < 1.29 is 4.74 Å². The number of pyridine rings is 1. The number of hydrogen-bond acceptors (Lipinski definition) is 4. The van der Waals surface area contributed by atoms with E-state index in [1.165, 1.54) is 11.1 Å². The first-order valence-electron chi connectivity index (χ1n) is 6.67. The minimum Gasteiger partial charge on any atom is -0.497 e. The van der Waals surface area contributed by atoms with Crippen LogP contribution < -0.4 is 10.5 Å². The number of rotatable bonds is 6. The molecule has 0 bridgehead atoms. The van der Waals surface area contributed by atoms with Crippen molar-refractivity contribution in [2.45, 2.75) is 12.6 Å². The molecule has 20 heavy (non-hydrogen) atoms. The van der Waals surface area contributed by atoms with E-state index in [2.05, 4.69) is 35.1 Å². The van der Waals surface area contributed by atoms with Crippen molar-refractivity contribution >= 4 is 0 Å². The lowest BCUT2D eigenvalue weighted by molar-refractivity contribution is 0.241. The summed E-state index contributed by atoms with van der Waals surface area (Å²) in [6.07, 6.45) is 3.67. The number of nitrogens with zero attached hydrogens (tertiary/aromatic N) is 2. The van der Waals surface area contributed by atoms with Crippen molar-refractivity contribution in [3.8, 4) is 5.75 Å². The second-order valence-corrected chi connectivity index (χ2v) is 4.80. The third-order valence-corrected chi connectivity index (χ3v) is 3.41. The predicted octanol–water partition coefficient (Wildman–Crippen LogP) is 2.22. The van der Waals surface area contributed by atoms with Gasteiger partial charge in [0.2, 0.25) is 0 Å². The Balaban J connectivity index is 2.10. The van der Waals surface area contributed by atoms with Gasteiger partial charge in [-0.2, -0.15) is 0 Å². The highest BCUT2D eigenvalue weighted by Gasteiger charge is 2.15. The molecule has 1 atom stereocenters. The molecule has 0 aliphatic heterocycles. The van der Waals surface area contributed by atoms with Gasteiger partial charge >= 0.3 is 0 Å². The smallest absolute Gasteiger partial charge is 0.118 e.